The molecule has 1 aromatic rings. The van der Waals surface area contributed by atoms with Crippen molar-refractivity contribution in [3.8, 4) is 0 Å². The molecule has 4 heteroatoms. The Morgan fingerprint density at radius 3 is 2.75 bits per heavy atom. The van der Waals surface area contributed by atoms with Crippen LogP contribution in [0.1, 0.15) is 56.3 Å². The van der Waals surface area contributed by atoms with Crippen molar-refractivity contribution < 1.29 is 19.4 Å². The van der Waals surface area contributed by atoms with Crippen molar-refractivity contribution in [1.29, 1.82) is 0 Å². The smallest absolute Gasteiger partial charge is 0.144 e. The zero-order valence-electron chi connectivity index (χ0n) is 14.4. The number of Topliss-reactive ketones (excluding diaryl/α,β-unsaturated/α-hetero) is 1. The maximum atomic E-state index is 13.2. The normalized spacial score (nSPS) is 42.2. The molecular formula is C20H26O4. The van der Waals surface area contributed by atoms with Crippen LogP contribution < -0.4 is 0 Å². The van der Waals surface area contributed by atoms with Crippen LogP contribution in [0.5, 0.6) is 0 Å². The number of aryl methyl sites for hydroxylation is 1. The summed E-state index contributed by atoms with van der Waals surface area (Å²) in [5.74, 6) is 1.42. The van der Waals surface area contributed by atoms with E-state index >= 15 is 0 Å². The lowest BCUT2D eigenvalue weighted by Crippen LogP contribution is -2.51. The summed E-state index contributed by atoms with van der Waals surface area (Å²) < 4.78 is 5.41. The Morgan fingerprint density at radius 1 is 1.25 bits per heavy atom. The molecule has 4 unspecified atom stereocenters. The van der Waals surface area contributed by atoms with E-state index < -0.39 is 12.2 Å². The Labute approximate surface area is 142 Å². The highest BCUT2D eigenvalue weighted by Gasteiger charge is 2.53. The fourth-order valence-electron chi connectivity index (χ4n) is 5.53. The van der Waals surface area contributed by atoms with Crippen molar-refractivity contribution >= 4 is 5.78 Å². The SMILES string of the molecule is Cc1occc1C1CCC2C(CC=C3C[C@@H](O)[C@H](O)CC32C)C1=O. The number of aliphatic hydroxyl groups excluding tert-OH is 2. The first kappa shape index (κ1) is 16.1. The number of hydrogen-bond acceptors (Lipinski definition) is 4. The van der Waals surface area contributed by atoms with Gasteiger partial charge in [-0.2, -0.15) is 0 Å². The molecule has 24 heavy (non-hydrogen) atoms. The third kappa shape index (κ3) is 2.23. The Kier molecular flexibility index (Phi) is 3.73. The van der Waals surface area contributed by atoms with Gasteiger partial charge in [0.15, 0.2) is 0 Å². The number of allylic oxidation sites excluding steroid dienone is 1. The van der Waals surface area contributed by atoms with E-state index in [1.807, 2.05) is 13.0 Å². The van der Waals surface area contributed by atoms with Crippen LogP contribution in [-0.4, -0.2) is 28.2 Å². The van der Waals surface area contributed by atoms with Gasteiger partial charge in [0.25, 0.3) is 0 Å². The second kappa shape index (κ2) is 5.57. The summed E-state index contributed by atoms with van der Waals surface area (Å²) in [6.45, 7) is 4.11. The van der Waals surface area contributed by atoms with Gasteiger partial charge in [-0.15, -0.1) is 0 Å². The van der Waals surface area contributed by atoms with Crippen LogP contribution in [-0.2, 0) is 4.79 Å². The summed E-state index contributed by atoms with van der Waals surface area (Å²) >= 11 is 0. The predicted molar refractivity (Wildman–Crippen MR) is 89.5 cm³/mol. The molecule has 3 aliphatic carbocycles. The van der Waals surface area contributed by atoms with Crippen LogP contribution in [0, 0.1) is 24.2 Å². The Balaban J connectivity index is 1.65. The van der Waals surface area contributed by atoms with E-state index in [1.165, 1.54) is 5.57 Å². The van der Waals surface area contributed by atoms with Gasteiger partial charge in [-0.3, -0.25) is 4.79 Å². The summed E-state index contributed by atoms with van der Waals surface area (Å²) in [6.07, 6.45) is 6.19. The Morgan fingerprint density at radius 2 is 2.04 bits per heavy atom. The van der Waals surface area contributed by atoms with Gasteiger partial charge in [0.1, 0.15) is 11.5 Å². The molecule has 0 aromatic carbocycles. The molecule has 0 saturated heterocycles. The lowest BCUT2D eigenvalue weighted by molar-refractivity contribution is -0.133. The molecule has 1 heterocycles. The molecule has 6 atom stereocenters. The van der Waals surface area contributed by atoms with Crippen LogP contribution in [0.15, 0.2) is 28.4 Å². The number of fused-ring (bicyclic) bond motifs is 3. The minimum atomic E-state index is -0.685. The maximum Gasteiger partial charge on any atom is 0.144 e. The Hall–Kier alpha value is -1.39. The minimum absolute atomic E-state index is 0.0224. The molecule has 2 N–H and O–H groups in total. The third-order valence-corrected chi connectivity index (χ3v) is 6.91. The maximum absolute atomic E-state index is 13.2. The molecule has 0 bridgehead atoms. The molecule has 1 aromatic heterocycles. The van der Waals surface area contributed by atoms with Crippen LogP contribution in [0.4, 0.5) is 0 Å². The van der Waals surface area contributed by atoms with Gasteiger partial charge in [-0.25, -0.2) is 0 Å². The molecule has 4 rings (SSSR count). The zero-order chi connectivity index (χ0) is 17.1. The van der Waals surface area contributed by atoms with Gasteiger partial charge in [-0.05, 0) is 56.4 Å². The molecule has 2 fully saturated rings. The summed E-state index contributed by atoms with van der Waals surface area (Å²) in [7, 11) is 0. The van der Waals surface area contributed by atoms with Crippen molar-refractivity contribution in [3.63, 3.8) is 0 Å². The number of carbonyl (C=O) groups excluding carboxylic acids is 1. The molecule has 4 nitrogen and oxygen atoms in total. The highest BCUT2D eigenvalue weighted by atomic mass is 16.3. The minimum Gasteiger partial charge on any atom is -0.469 e. The molecule has 0 radical (unpaired) electrons. The molecule has 0 amide bonds. The molecule has 130 valence electrons. The van der Waals surface area contributed by atoms with Gasteiger partial charge < -0.3 is 14.6 Å². The van der Waals surface area contributed by atoms with Crippen molar-refractivity contribution in [3.05, 3.63) is 35.3 Å². The van der Waals surface area contributed by atoms with Crippen molar-refractivity contribution in [2.45, 2.75) is 64.1 Å². The van der Waals surface area contributed by atoms with E-state index in [2.05, 4.69) is 13.0 Å². The molecular weight excluding hydrogens is 304 g/mol. The fraction of sp³-hybridized carbons (Fsp3) is 0.650. The van der Waals surface area contributed by atoms with E-state index in [9.17, 15) is 15.0 Å². The van der Waals surface area contributed by atoms with Crippen LogP contribution >= 0.6 is 0 Å². The first-order valence-corrected chi connectivity index (χ1v) is 9.05. The Bertz CT molecular complexity index is 688. The highest BCUT2D eigenvalue weighted by Crippen LogP contribution is 2.57. The van der Waals surface area contributed by atoms with Crippen molar-refractivity contribution in [1.82, 2.24) is 0 Å². The average molecular weight is 330 g/mol. The molecule has 0 spiro atoms. The van der Waals surface area contributed by atoms with Crippen LogP contribution in [0.3, 0.4) is 0 Å². The average Bonchev–Trinajstić information content (AvgIpc) is 2.95. The number of carbonyl (C=O) groups is 1. The zero-order valence-corrected chi connectivity index (χ0v) is 14.4. The van der Waals surface area contributed by atoms with E-state index in [-0.39, 0.29) is 23.2 Å². The fourth-order valence-corrected chi connectivity index (χ4v) is 5.53. The van der Waals surface area contributed by atoms with Crippen LogP contribution in [0.2, 0.25) is 0 Å². The highest BCUT2D eigenvalue weighted by molar-refractivity contribution is 5.89. The number of rotatable bonds is 1. The third-order valence-electron chi connectivity index (χ3n) is 6.91. The predicted octanol–water partition coefficient (Wildman–Crippen LogP) is 3.12. The summed E-state index contributed by atoms with van der Waals surface area (Å²) in [6, 6.07) is 1.94. The van der Waals surface area contributed by atoms with Gasteiger partial charge in [0.05, 0.1) is 18.5 Å². The van der Waals surface area contributed by atoms with Crippen molar-refractivity contribution in [2.75, 3.05) is 0 Å². The monoisotopic (exact) mass is 330 g/mol. The summed E-state index contributed by atoms with van der Waals surface area (Å²) in [5.41, 5.74) is 2.12. The quantitative estimate of drug-likeness (QED) is 0.776. The van der Waals surface area contributed by atoms with Gasteiger partial charge >= 0.3 is 0 Å². The van der Waals surface area contributed by atoms with Gasteiger partial charge in [-0.1, -0.05) is 18.6 Å². The number of hydrogen-bond donors (Lipinski definition) is 2. The second-order valence-electron chi connectivity index (χ2n) is 8.10. The van der Waals surface area contributed by atoms with Gasteiger partial charge in [0, 0.05) is 17.4 Å². The molecule has 0 aliphatic heterocycles. The number of furan rings is 1. The van der Waals surface area contributed by atoms with Crippen LogP contribution in [0.25, 0.3) is 0 Å². The molecule has 3 aliphatic rings. The van der Waals surface area contributed by atoms with Gasteiger partial charge in [0.2, 0.25) is 0 Å². The van der Waals surface area contributed by atoms with Crippen molar-refractivity contribution in [2.24, 2.45) is 17.3 Å². The topological polar surface area (TPSA) is 70.7 Å². The van der Waals surface area contributed by atoms with E-state index in [1.54, 1.807) is 6.26 Å². The van der Waals surface area contributed by atoms with E-state index in [4.69, 9.17) is 4.42 Å². The number of aliphatic hydroxyl groups is 2. The summed E-state index contributed by atoms with van der Waals surface area (Å²) in [5, 5.41) is 20.2. The standard InChI is InChI=1S/C20H26O4/c1-11-13(7-8-24-11)14-5-6-16-15(19(14)23)4-3-12-9-17(21)18(22)10-20(12,16)2/h3,7-8,14-18,21-22H,4-6,9-10H2,1-2H3/t14?,15?,16?,17-,18-,20?/m1/s1. The van der Waals surface area contributed by atoms with E-state index in [0.29, 0.717) is 18.6 Å². The lowest BCUT2D eigenvalue weighted by Gasteiger charge is -2.53. The largest absolute Gasteiger partial charge is 0.469 e. The summed E-state index contributed by atoms with van der Waals surface area (Å²) in [4.78, 5) is 13.2. The second-order valence-corrected chi connectivity index (χ2v) is 8.10. The number of ketones is 1. The molecule has 2 saturated carbocycles. The first-order valence-electron chi connectivity index (χ1n) is 9.05. The van der Waals surface area contributed by atoms with E-state index in [0.717, 1.165) is 30.6 Å². The lowest BCUT2D eigenvalue weighted by atomic mass is 9.51. The first-order chi connectivity index (χ1) is 11.4.